The normalized spacial score (nSPS) is 19.6. The van der Waals surface area contributed by atoms with Gasteiger partial charge in [-0.05, 0) is 69.9 Å². The number of aliphatic hydroxyl groups excluding tert-OH is 2. The number of nitrogens with zero attached hydrogens (tertiary/aromatic N) is 2. The number of phosphoric ester groups is 2. The van der Waals surface area contributed by atoms with Gasteiger partial charge in [-0.1, -0.05) is 128 Å². The van der Waals surface area contributed by atoms with Crippen LogP contribution >= 0.6 is 15.6 Å². The number of nitrogen functional groups attached to an aromatic ring is 1. The van der Waals surface area contributed by atoms with Crippen LogP contribution in [0.4, 0.5) is 5.82 Å². The fourth-order valence-electron chi connectivity index (χ4n) is 7.23. The zero-order chi connectivity index (χ0) is 50.8. The van der Waals surface area contributed by atoms with Crippen molar-refractivity contribution in [1.82, 2.24) is 9.55 Å². The highest BCUT2D eigenvalue weighted by molar-refractivity contribution is 7.61. The number of carbonyl (C=O) groups excluding carboxylic acids is 3. The van der Waals surface area contributed by atoms with Crippen LogP contribution in [0.25, 0.3) is 0 Å². The highest BCUT2D eigenvalue weighted by Gasteiger charge is 2.46. The molecule has 1 aliphatic rings. The molecule has 0 saturated carbocycles. The molecular formula is C48H81N3O16P2. The van der Waals surface area contributed by atoms with Crippen molar-refractivity contribution < 1.29 is 71.1 Å². The van der Waals surface area contributed by atoms with Crippen LogP contribution in [0.5, 0.6) is 0 Å². The van der Waals surface area contributed by atoms with Crippen molar-refractivity contribution in [2.24, 2.45) is 0 Å². The van der Waals surface area contributed by atoms with Gasteiger partial charge in [0, 0.05) is 25.5 Å². The van der Waals surface area contributed by atoms with Crippen molar-refractivity contribution in [2.45, 2.75) is 205 Å². The lowest BCUT2D eigenvalue weighted by atomic mass is 10.1. The summed E-state index contributed by atoms with van der Waals surface area (Å²) in [7, 11) is -10.9. The molecule has 0 aliphatic carbocycles. The molecule has 69 heavy (non-hydrogen) atoms. The molecular weight excluding hydrogens is 936 g/mol. The Bertz CT molecular complexity index is 1860. The number of ether oxygens (including phenoxy) is 3. The molecule has 0 amide bonds. The van der Waals surface area contributed by atoms with E-state index < -0.39 is 83.7 Å². The van der Waals surface area contributed by atoms with Crippen molar-refractivity contribution in [3.8, 4) is 0 Å². The van der Waals surface area contributed by atoms with Crippen molar-refractivity contribution in [3.05, 3.63) is 59.2 Å². The maximum Gasteiger partial charge on any atom is 0.481 e. The number of hydrogen-bond acceptors (Lipinski definition) is 16. The Morgan fingerprint density at radius 1 is 0.725 bits per heavy atom. The summed E-state index contributed by atoms with van der Waals surface area (Å²) >= 11 is 0. The van der Waals surface area contributed by atoms with Crippen molar-refractivity contribution in [1.29, 1.82) is 0 Å². The minimum atomic E-state index is -5.45. The van der Waals surface area contributed by atoms with Gasteiger partial charge in [0.1, 0.15) is 30.7 Å². The number of hydrogen-bond donors (Lipinski definition) is 5. The zero-order valence-electron chi connectivity index (χ0n) is 40.9. The minimum absolute atomic E-state index is 0.0156. The summed E-state index contributed by atoms with van der Waals surface area (Å²) in [6.07, 6.45) is 27.6. The molecule has 1 fully saturated rings. The molecule has 2 rings (SSSR count). The molecule has 0 spiro atoms. The van der Waals surface area contributed by atoms with E-state index in [1.165, 1.54) is 51.0 Å². The van der Waals surface area contributed by atoms with Crippen LogP contribution in [0.1, 0.15) is 181 Å². The molecule has 0 bridgehead atoms. The largest absolute Gasteiger partial charge is 0.481 e. The number of carbonyl (C=O) groups is 3. The molecule has 1 saturated heterocycles. The first-order valence-corrected chi connectivity index (χ1v) is 27.9. The molecule has 1 aliphatic heterocycles. The average Bonchev–Trinajstić information content (AvgIpc) is 3.58. The third kappa shape index (κ3) is 29.6. The smallest absolute Gasteiger partial charge is 0.462 e. The Morgan fingerprint density at radius 2 is 1.26 bits per heavy atom. The fraction of sp³-hybridized carbons (Fsp3) is 0.729. The third-order valence-corrected chi connectivity index (χ3v) is 13.8. The number of anilines is 1. The average molecular weight is 1020 g/mol. The molecule has 0 aromatic carbocycles. The number of nitrogens with two attached hydrogens (primary N) is 1. The van der Waals surface area contributed by atoms with Crippen molar-refractivity contribution >= 4 is 39.2 Å². The monoisotopic (exact) mass is 1020 g/mol. The number of rotatable bonds is 41. The van der Waals surface area contributed by atoms with Gasteiger partial charge < -0.3 is 39.9 Å². The minimum Gasteiger partial charge on any atom is -0.462 e. The summed E-state index contributed by atoms with van der Waals surface area (Å²) < 4.78 is 56.6. The van der Waals surface area contributed by atoms with Gasteiger partial charge >= 0.3 is 33.3 Å². The number of unbranched alkanes of at least 4 members (excludes halogenated alkanes) is 18. The van der Waals surface area contributed by atoms with Gasteiger partial charge in [0.05, 0.1) is 13.2 Å². The van der Waals surface area contributed by atoms with Gasteiger partial charge in [0.2, 0.25) is 0 Å². The summed E-state index contributed by atoms with van der Waals surface area (Å²) in [5.41, 5.74) is 4.57. The van der Waals surface area contributed by atoms with Crippen LogP contribution in [-0.2, 0) is 51.1 Å². The predicted molar refractivity (Wildman–Crippen MR) is 262 cm³/mol. The topological polar surface area (TPSA) is 283 Å². The van der Waals surface area contributed by atoms with E-state index in [-0.39, 0.29) is 24.4 Å². The number of ketones is 1. The molecule has 394 valence electrons. The maximum absolute atomic E-state index is 12.8. The number of aliphatic hydroxyl groups is 2. The lowest BCUT2D eigenvalue weighted by Gasteiger charge is -2.21. The number of phosphoric acid groups is 2. The Kier molecular flexibility index (Phi) is 32.7. The van der Waals surface area contributed by atoms with Crippen molar-refractivity contribution in [2.75, 3.05) is 25.6 Å². The van der Waals surface area contributed by atoms with E-state index in [0.717, 1.165) is 87.8 Å². The maximum atomic E-state index is 12.8. The van der Waals surface area contributed by atoms with Crippen LogP contribution in [0, 0.1) is 0 Å². The van der Waals surface area contributed by atoms with E-state index in [9.17, 15) is 48.3 Å². The zero-order valence-corrected chi connectivity index (χ0v) is 42.6. The van der Waals surface area contributed by atoms with E-state index in [1.807, 2.05) is 6.08 Å². The van der Waals surface area contributed by atoms with Gasteiger partial charge in [0.15, 0.2) is 18.1 Å². The summed E-state index contributed by atoms with van der Waals surface area (Å²) in [5, 5.41) is 20.9. The highest BCUT2D eigenvalue weighted by Crippen LogP contribution is 2.60. The van der Waals surface area contributed by atoms with Crippen molar-refractivity contribution in [3.63, 3.8) is 0 Å². The predicted octanol–water partition coefficient (Wildman–Crippen LogP) is 9.18. The highest BCUT2D eigenvalue weighted by atomic mass is 31.3. The first kappa shape index (κ1) is 61.8. The van der Waals surface area contributed by atoms with Gasteiger partial charge in [0.25, 0.3) is 0 Å². The second-order valence-corrected chi connectivity index (χ2v) is 20.4. The Balaban J connectivity index is 1.83. The quantitative estimate of drug-likeness (QED) is 0.0102. The first-order chi connectivity index (χ1) is 33.1. The summed E-state index contributed by atoms with van der Waals surface area (Å²) in [6, 6.07) is 1.24. The van der Waals surface area contributed by atoms with Crippen LogP contribution in [-0.4, -0.2) is 91.5 Å². The molecule has 21 heteroatoms. The second-order valence-electron chi connectivity index (χ2n) is 17.3. The number of aromatic nitrogens is 2. The fourth-order valence-corrected chi connectivity index (χ4v) is 9.34. The van der Waals surface area contributed by atoms with E-state index in [1.54, 1.807) is 12.2 Å². The van der Waals surface area contributed by atoms with E-state index in [0.29, 0.717) is 25.7 Å². The van der Waals surface area contributed by atoms with Crippen LogP contribution in [0.15, 0.2) is 53.5 Å². The Morgan fingerprint density at radius 3 is 1.90 bits per heavy atom. The van der Waals surface area contributed by atoms with Crippen LogP contribution < -0.4 is 11.4 Å². The van der Waals surface area contributed by atoms with Crippen LogP contribution in [0.3, 0.4) is 0 Å². The van der Waals surface area contributed by atoms with E-state index in [2.05, 4.69) is 41.4 Å². The van der Waals surface area contributed by atoms with Gasteiger partial charge in [-0.15, -0.1) is 0 Å². The van der Waals surface area contributed by atoms with Crippen LogP contribution in [0.2, 0.25) is 0 Å². The van der Waals surface area contributed by atoms with Gasteiger partial charge in [-0.2, -0.15) is 9.29 Å². The molecule has 6 N–H and O–H groups in total. The number of esters is 2. The summed E-state index contributed by atoms with van der Waals surface area (Å²) in [5.74, 6) is -1.34. The third-order valence-electron chi connectivity index (χ3n) is 11.2. The standard InChI is InChI=1S/C48H81N3O16P2/c1-3-5-7-9-11-12-13-14-15-16-17-18-20-24-29-33-44(54)65-40(36-62-43(53)32-28-25-21-23-27-31-39(52)30-26-22-19-10-8-6-4-2)37-63-68(58,59)67-69(60,61)64-38-41-45(55)46(56)47(66-41)51-35-34-42(49)50-48(51)57/h14-15,19,22,26,30,34-35,40-41,45-47,55-56H,3-13,16-18,20-21,23-25,27-29,31-33,36-38H2,1-2H3,(H,58,59)(H,60,61)(H2,49,50,57)/b15-14-,22-19-,30-26+/t40-,41-,45-,46-,47-/m1/s1. The molecule has 7 atom stereocenters. The molecule has 2 unspecified atom stereocenters. The van der Waals surface area contributed by atoms with E-state index in [4.69, 9.17) is 29.0 Å². The molecule has 1 aromatic heterocycles. The Labute approximate surface area is 408 Å². The lowest BCUT2D eigenvalue weighted by Crippen LogP contribution is -2.36. The molecule has 1 aromatic rings. The first-order valence-electron chi connectivity index (χ1n) is 25.0. The molecule has 19 nitrogen and oxygen atoms in total. The molecule has 0 radical (unpaired) electrons. The van der Waals surface area contributed by atoms with Gasteiger partial charge in [-0.3, -0.25) is 28.0 Å². The lowest BCUT2D eigenvalue weighted by molar-refractivity contribution is -0.161. The van der Waals surface area contributed by atoms with Gasteiger partial charge in [-0.25, -0.2) is 13.9 Å². The molecule has 2 heterocycles. The SMILES string of the molecule is CCCCC/C=C\C=C\C(=O)CCCCCCCC(=O)OC[C@H](COP(=O)(O)OP(=O)(O)OC[C@H]1O[C@@H](n2ccc(N)nc2=O)[C@H](O)[C@@H]1O)OC(=O)CCCCCCC/C=C\CCCCCCCC. The second kappa shape index (κ2) is 36.6. The van der Waals surface area contributed by atoms with E-state index >= 15 is 0 Å². The number of allylic oxidation sites excluding steroid dienone is 6. The summed E-state index contributed by atoms with van der Waals surface area (Å²) in [6.45, 7) is 1.97. The summed E-state index contributed by atoms with van der Waals surface area (Å²) in [4.78, 5) is 73.9. The Hall–Kier alpha value is -3.35.